The van der Waals surface area contributed by atoms with Gasteiger partial charge in [0.25, 0.3) is 0 Å². The number of amides is 2. The molecule has 0 unspecified atom stereocenters. The maximum Gasteiger partial charge on any atom is 0.231 e. The van der Waals surface area contributed by atoms with Gasteiger partial charge < -0.3 is 10.6 Å². The number of carbonyl (C=O) groups excluding carboxylic acids is 2. The Morgan fingerprint density at radius 3 is 2.38 bits per heavy atom. The van der Waals surface area contributed by atoms with Gasteiger partial charge in [-0.3, -0.25) is 14.5 Å². The number of rotatable bonds is 7. The fourth-order valence-electron chi connectivity index (χ4n) is 2.51. The fraction of sp³-hybridized carbons (Fsp3) is 0.714. The van der Waals surface area contributed by atoms with Gasteiger partial charge in [0.15, 0.2) is 5.66 Å². The van der Waals surface area contributed by atoms with Crippen molar-refractivity contribution in [1.29, 1.82) is 0 Å². The monoisotopic (exact) mass is 291 g/mol. The van der Waals surface area contributed by atoms with Crippen LogP contribution >= 0.6 is 0 Å². The lowest BCUT2D eigenvalue weighted by Gasteiger charge is -2.34. The van der Waals surface area contributed by atoms with Crippen molar-refractivity contribution in [1.82, 2.24) is 9.80 Å². The second kappa shape index (κ2) is 6.68. The van der Waals surface area contributed by atoms with Crippen LogP contribution in [0.1, 0.15) is 25.7 Å². The third-order valence-electron chi connectivity index (χ3n) is 3.90. The van der Waals surface area contributed by atoms with Gasteiger partial charge in [0.05, 0.1) is 6.54 Å². The van der Waals surface area contributed by atoms with Crippen molar-refractivity contribution in [2.75, 3.05) is 32.7 Å². The number of primary amides is 1. The Balaban J connectivity index is 1.68. The number of terminal acetylenes is 1. The van der Waals surface area contributed by atoms with E-state index in [4.69, 9.17) is 12.2 Å². The van der Waals surface area contributed by atoms with Crippen LogP contribution in [0, 0.1) is 12.3 Å². The molecule has 21 heavy (non-hydrogen) atoms. The Kier molecular flexibility index (Phi) is 4.91. The normalized spacial score (nSPS) is 20.0. The summed E-state index contributed by atoms with van der Waals surface area (Å²) in [6, 6.07) is 0. The van der Waals surface area contributed by atoms with E-state index in [1.165, 1.54) is 0 Å². The topological polar surface area (TPSA) is 91.4 Å². The average Bonchev–Trinajstić information content (AvgIpc) is 3.23. The summed E-state index contributed by atoms with van der Waals surface area (Å²) in [5, 5.41) is 8.06. The quantitative estimate of drug-likeness (QED) is 0.668. The maximum absolute atomic E-state index is 12.2. The molecule has 0 spiro atoms. The number of carbonyl (C=O) groups is 2. The Bertz CT molecular complexity index is 468. The molecule has 2 N–H and O–H groups in total. The van der Waals surface area contributed by atoms with Gasteiger partial charge in [0.1, 0.15) is 0 Å². The molecule has 0 bridgehead atoms. The Hall–Kier alpha value is -1.94. The summed E-state index contributed by atoms with van der Waals surface area (Å²) in [5.74, 6) is 2.36. The smallest absolute Gasteiger partial charge is 0.231 e. The second-order valence-corrected chi connectivity index (χ2v) is 5.51. The molecule has 0 radical (unpaired) electrons. The van der Waals surface area contributed by atoms with Crippen LogP contribution < -0.4 is 5.73 Å². The zero-order chi connectivity index (χ0) is 15.3. The molecule has 0 aromatic carbocycles. The molecule has 0 aliphatic carbocycles. The van der Waals surface area contributed by atoms with Gasteiger partial charge in [0, 0.05) is 51.9 Å². The average molecular weight is 291 g/mol. The third-order valence-corrected chi connectivity index (χ3v) is 3.90. The minimum absolute atomic E-state index is 0.117. The van der Waals surface area contributed by atoms with E-state index in [0.717, 1.165) is 6.42 Å². The van der Waals surface area contributed by atoms with Crippen LogP contribution in [0.15, 0.2) is 10.2 Å². The maximum atomic E-state index is 12.2. The molecule has 1 saturated heterocycles. The molecular weight excluding hydrogens is 270 g/mol. The van der Waals surface area contributed by atoms with Gasteiger partial charge in [0.2, 0.25) is 11.8 Å². The van der Waals surface area contributed by atoms with Crippen LogP contribution in [0.4, 0.5) is 0 Å². The molecule has 2 heterocycles. The van der Waals surface area contributed by atoms with Crippen LogP contribution in [0.25, 0.3) is 0 Å². The van der Waals surface area contributed by atoms with Crippen LogP contribution in [0.2, 0.25) is 0 Å². The van der Waals surface area contributed by atoms with E-state index in [1.54, 1.807) is 0 Å². The predicted molar refractivity (Wildman–Crippen MR) is 77.1 cm³/mol. The highest BCUT2D eigenvalue weighted by molar-refractivity contribution is 5.77. The summed E-state index contributed by atoms with van der Waals surface area (Å²) in [5.41, 5.74) is 4.77. The van der Waals surface area contributed by atoms with E-state index in [2.05, 4.69) is 16.1 Å². The van der Waals surface area contributed by atoms with Crippen molar-refractivity contribution in [3.63, 3.8) is 0 Å². The lowest BCUT2D eigenvalue weighted by Crippen LogP contribution is -2.50. The SMILES string of the molecule is C#CCCC1(CCC(=O)N2CCN(CC(N)=O)CC2)N=N1. The van der Waals surface area contributed by atoms with Gasteiger partial charge in [-0.2, -0.15) is 10.2 Å². The van der Waals surface area contributed by atoms with Gasteiger partial charge >= 0.3 is 0 Å². The number of hydrogen-bond acceptors (Lipinski definition) is 5. The Morgan fingerprint density at radius 1 is 1.19 bits per heavy atom. The molecule has 2 aliphatic heterocycles. The minimum atomic E-state index is -0.393. The van der Waals surface area contributed by atoms with Crippen molar-refractivity contribution in [3.8, 4) is 12.3 Å². The van der Waals surface area contributed by atoms with Crippen molar-refractivity contribution in [3.05, 3.63) is 0 Å². The standard InChI is InChI=1S/C14H21N5O2/c1-2-3-5-14(16-17-14)6-4-13(21)19-9-7-18(8-10-19)11-12(15)20/h1H,3-11H2,(H2,15,20). The summed E-state index contributed by atoms with van der Waals surface area (Å²) in [6.07, 6.45) is 7.67. The first-order valence-electron chi connectivity index (χ1n) is 7.21. The third kappa shape index (κ3) is 4.53. The molecule has 7 nitrogen and oxygen atoms in total. The largest absolute Gasteiger partial charge is 0.369 e. The molecule has 0 atom stereocenters. The first-order valence-corrected chi connectivity index (χ1v) is 7.21. The van der Waals surface area contributed by atoms with Crippen LogP contribution in [-0.2, 0) is 9.59 Å². The summed E-state index contributed by atoms with van der Waals surface area (Å²) in [6.45, 7) is 2.90. The zero-order valence-corrected chi connectivity index (χ0v) is 12.1. The van der Waals surface area contributed by atoms with Gasteiger partial charge in [-0.1, -0.05) is 0 Å². The predicted octanol–water partition coefficient (Wildman–Crippen LogP) is -0.0284. The summed E-state index contributed by atoms with van der Waals surface area (Å²) >= 11 is 0. The number of nitrogens with zero attached hydrogens (tertiary/aromatic N) is 4. The summed E-state index contributed by atoms with van der Waals surface area (Å²) in [4.78, 5) is 26.8. The number of nitrogens with two attached hydrogens (primary N) is 1. The number of hydrogen-bond donors (Lipinski definition) is 1. The number of piperazine rings is 1. The molecule has 7 heteroatoms. The lowest BCUT2D eigenvalue weighted by atomic mass is 10.0. The lowest BCUT2D eigenvalue weighted by molar-refractivity contribution is -0.133. The van der Waals surface area contributed by atoms with Crippen molar-refractivity contribution < 1.29 is 9.59 Å². The molecular formula is C14H21N5O2. The van der Waals surface area contributed by atoms with Crippen LogP contribution in [0.3, 0.4) is 0 Å². The van der Waals surface area contributed by atoms with E-state index in [-0.39, 0.29) is 18.4 Å². The van der Waals surface area contributed by atoms with Gasteiger partial charge in [-0.25, -0.2) is 0 Å². The van der Waals surface area contributed by atoms with E-state index in [1.807, 2.05) is 9.80 Å². The highest BCUT2D eigenvalue weighted by atomic mass is 16.2. The van der Waals surface area contributed by atoms with E-state index in [0.29, 0.717) is 45.4 Å². The van der Waals surface area contributed by atoms with Crippen molar-refractivity contribution in [2.24, 2.45) is 16.0 Å². The minimum Gasteiger partial charge on any atom is -0.369 e. The first-order chi connectivity index (χ1) is 10.0. The molecule has 1 fully saturated rings. The van der Waals surface area contributed by atoms with Crippen molar-refractivity contribution >= 4 is 11.8 Å². The van der Waals surface area contributed by atoms with Gasteiger partial charge in [-0.05, 0) is 0 Å². The van der Waals surface area contributed by atoms with Gasteiger partial charge in [-0.15, -0.1) is 12.3 Å². The van der Waals surface area contributed by atoms with E-state index in [9.17, 15) is 9.59 Å². The molecule has 0 saturated carbocycles. The molecule has 0 aromatic rings. The molecule has 2 aliphatic rings. The fourth-order valence-corrected chi connectivity index (χ4v) is 2.51. The zero-order valence-electron chi connectivity index (χ0n) is 12.1. The van der Waals surface area contributed by atoms with Crippen LogP contribution in [-0.4, -0.2) is 60.0 Å². The summed E-state index contributed by atoms with van der Waals surface area (Å²) in [7, 11) is 0. The Labute approximate surface area is 124 Å². The Morgan fingerprint density at radius 2 is 1.86 bits per heavy atom. The van der Waals surface area contributed by atoms with Crippen LogP contribution in [0.5, 0.6) is 0 Å². The van der Waals surface area contributed by atoms with E-state index < -0.39 is 5.66 Å². The molecule has 2 rings (SSSR count). The highest BCUT2D eigenvalue weighted by Gasteiger charge is 2.39. The molecule has 114 valence electrons. The second-order valence-electron chi connectivity index (χ2n) is 5.51. The first kappa shape index (κ1) is 15.4. The van der Waals surface area contributed by atoms with E-state index >= 15 is 0 Å². The highest BCUT2D eigenvalue weighted by Crippen LogP contribution is 2.37. The van der Waals surface area contributed by atoms with Crippen molar-refractivity contribution in [2.45, 2.75) is 31.3 Å². The molecule has 0 aromatic heterocycles. The molecule has 2 amide bonds. The summed E-state index contributed by atoms with van der Waals surface area (Å²) < 4.78 is 0.